The average Bonchev–Trinajstić information content (AvgIpc) is 2.30. The molecule has 0 saturated carbocycles. The van der Waals surface area contributed by atoms with Crippen molar-refractivity contribution in [3.63, 3.8) is 0 Å². The Morgan fingerprint density at radius 3 is 2.67 bits per heavy atom. The van der Waals surface area contributed by atoms with Crippen molar-refractivity contribution in [1.82, 2.24) is 15.0 Å². The summed E-state index contributed by atoms with van der Waals surface area (Å²) in [7, 11) is 0. The van der Waals surface area contributed by atoms with E-state index in [0.29, 0.717) is 11.4 Å². The van der Waals surface area contributed by atoms with E-state index >= 15 is 0 Å². The summed E-state index contributed by atoms with van der Waals surface area (Å²) >= 11 is 0. The molecule has 3 N–H and O–H groups in total. The van der Waals surface area contributed by atoms with Crippen molar-refractivity contribution in [3.8, 4) is 11.4 Å². The minimum absolute atomic E-state index is 0.193. The standard InChI is InChI=1S/C10H10N4O/c11-5-8-6-13-9(14-10(8)15)7-1-3-12-4-2-7/h1-4,6H,5,11H2,(H,13,14,15). The van der Waals surface area contributed by atoms with Crippen LogP contribution in [-0.2, 0) is 6.54 Å². The van der Waals surface area contributed by atoms with E-state index < -0.39 is 0 Å². The maximum atomic E-state index is 11.5. The van der Waals surface area contributed by atoms with E-state index in [0.717, 1.165) is 5.56 Å². The molecule has 5 nitrogen and oxygen atoms in total. The summed E-state index contributed by atoms with van der Waals surface area (Å²) in [5, 5.41) is 0. The van der Waals surface area contributed by atoms with E-state index in [2.05, 4.69) is 15.0 Å². The Morgan fingerprint density at radius 1 is 1.33 bits per heavy atom. The number of pyridine rings is 1. The number of aromatic amines is 1. The first-order valence-electron chi connectivity index (χ1n) is 4.50. The molecule has 2 aromatic heterocycles. The van der Waals surface area contributed by atoms with Gasteiger partial charge < -0.3 is 10.7 Å². The summed E-state index contributed by atoms with van der Waals surface area (Å²) in [6, 6.07) is 3.56. The van der Waals surface area contributed by atoms with E-state index in [4.69, 9.17) is 5.73 Å². The van der Waals surface area contributed by atoms with Crippen LogP contribution < -0.4 is 11.3 Å². The third kappa shape index (κ3) is 1.92. The van der Waals surface area contributed by atoms with E-state index in [-0.39, 0.29) is 12.1 Å². The molecular formula is C10H10N4O. The van der Waals surface area contributed by atoms with E-state index in [9.17, 15) is 4.79 Å². The minimum Gasteiger partial charge on any atom is -0.326 e. The number of hydrogen-bond donors (Lipinski definition) is 2. The molecule has 0 spiro atoms. The van der Waals surface area contributed by atoms with Crippen molar-refractivity contribution in [1.29, 1.82) is 0 Å². The van der Waals surface area contributed by atoms with Gasteiger partial charge in [-0.05, 0) is 12.1 Å². The highest BCUT2D eigenvalue weighted by molar-refractivity contribution is 5.53. The molecule has 0 aromatic carbocycles. The molecule has 2 heterocycles. The van der Waals surface area contributed by atoms with Crippen LogP contribution in [0, 0.1) is 0 Å². The lowest BCUT2D eigenvalue weighted by atomic mass is 10.2. The predicted octanol–water partition coefficient (Wildman–Crippen LogP) is 0.291. The molecule has 0 aliphatic carbocycles. The third-order valence-electron chi connectivity index (χ3n) is 2.05. The summed E-state index contributed by atoms with van der Waals surface area (Å²) in [6.07, 6.45) is 4.78. The quantitative estimate of drug-likeness (QED) is 0.733. The molecule has 0 radical (unpaired) electrons. The summed E-state index contributed by atoms with van der Waals surface area (Å²) in [5.41, 5.74) is 6.48. The molecule has 2 aromatic rings. The van der Waals surface area contributed by atoms with Crippen LogP contribution in [0.25, 0.3) is 11.4 Å². The Hall–Kier alpha value is -2.01. The van der Waals surface area contributed by atoms with Gasteiger partial charge in [-0.15, -0.1) is 0 Å². The Kier molecular flexibility index (Phi) is 2.55. The third-order valence-corrected chi connectivity index (χ3v) is 2.05. The molecule has 15 heavy (non-hydrogen) atoms. The van der Waals surface area contributed by atoms with Gasteiger partial charge in [0.15, 0.2) is 0 Å². The van der Waals surface area contributed by atoms with Gasteiger partial charge in [-0.1, -0.05) is 0 Å². The second-order valence-electron chi connectivity index (χ2n) is 3.03. The van der Waals surface area contributed by atoms with Crippen molar-refractivity contribution in [2.75, 3.05) is 0 Å². The smallest absolute Gasteiger partial charge is 0.255 e. The van der Waals surface area contributed by atoms with Crippen molar-refractivity contribution in [3.05, 3.63) is 46.6 Å². The van der Waals surface area contributed by atoms with Crippen LogP contribution >= 0.6 is 0 Å². The second kappa shape index (κ2) is 4.02. The Bertz CT molecular complexity index is 506. The first-order chi connectivity index (χ1) is 7.31. The molecule has 5 heteroatoms. The van der Waals surface area contributed by atoms with Gasteiger partial charge in [-0.2, -0.15) is 0 Å². The Morgan fingerprint density at radius 2 is 2.07 bits per heavy atom. The molecule has 0 aliphatic rings. The van der Waals surface area contributed by atoms with Crippen LogP contribution in [0.5, 0.6) is 0 Å². The highest BCUT2D eigenvalue weighted by Crippen LogP contribution is 2.10. The number of rotatable bonds is 2. The summed E-state index contributed by atoms with van der Waals surface area (Å²) in [4.78, 5) is 22.1. The molecule has 2 rings (SSSR count). The van der Waals surface area contributed by atoms with E-state index in [1.807, 2.05) is 0 Å². The fourth-order valence-electron chi connectivity index (χ4n) is 1.22. The molecule has 0 unspecified atom stereocenters. The average molecular weight is 202 g/mol. The van der Waals surface area contributed by atoms with Crippen molar-refractivity contribution >= 4 is 0 Å². The molecule has 76 valence electrons. The molecule has 0 aliphatic heterocycles. The van der Waals surface area contributed by atoms with Gasteiger partial charge in [0.25, 0.3) is 5.56 Å². The normalized spacial score (nSPS) is 10.2. The number of hydrogen-bond acceptors (Lipinski definition) is 4. The topological polar surface area (TPSA) is 84.7 Å². The first-order valence-corrected chi connectivity index (χ1v) is 4.50. The van der Waals surface area contributed by atoms with Crippen LogP contribution in [0.3, 0.4) is 0 Å². The van der Waals surface area contributed by atoms with Gasteiger partial charge in [0.2, 0.25) is 0 Å². The van der Waals surface area contributed by atoms with E-state index in [1.54, 1.807) is 24.5 Å². The minimum atomic E-state index is -0.195. The number of nitrogens with one attached hydrogen (secondary N) is 1. The maximum Gasteiger partial charge on any atom is 0.255 e. The van der Waals surface area contributed by atoms with Crippen LogP contribution in [0.15, 0.2) is 35.5 Å². The van der Waals surface area contributed by atoms with Crippen LogP contribution in [0.1, 0.15) is 5.56 Å². The van der Waals surface area contributed by atoms with Crippen molar-refractivity contribution in [2.45, 2.75) is 6.54 Å². The van der Waals surface area contributed by atoms with Gasteiger partial charge in [0.05, 0.1) is 0 Å². The SMILES string of the molecule is NCc1cnc(-c2ccncc2)[nH]c1=O. The summed E-state index contributed by atoms with van der Waals surface area (Å²) < 4.78 is 0. The highest BCUT2D eigenvalue weighted by Gasteiger charge is 2.02. The fourth-order valence-corrected chi connectivity index (χ4v) is 1.22. The zero-order valence-electron chi connectivity index (χ0n) is 7.97. The molecular weight excluding hydrogens is 192 g/mol. The lowest BCUT2D eigenvalue weighted by Gasteiger charge is -2.00. The molecule has 0 saturated heterocycles. The molecule has 0 fully saturated rings. The Labute approximate surface area is 86.0 Å². The molecule has 0 atom stereocenters. The number of H-pyrrole nitrogens is 1. The van der Waals surface area contributed by atoms with Gasteiger partial charge in [0, 0.05) is 36.3 Å². The summed E-state index contributed by atoms with van der Waals surface area (Å²) in [6.45, 7) is 0.193. The number of nitrogens with two attached hydrogens (primary N) is 1. The summed E-state index contributed by atoms with van der Waals surface area (Å²) in [5.74, 6) is 0.527. The molecule has 0 bridgehead atoms. The lowest BCUT2D eigenvalue weighted by molar-refractivity contribution is 0.979. The van der Waals surface area contributed by atoms with Crippen LogP contribution in [0.2, 0.25) is 0 Å². The highest BCUT2D eigenvalue weighted by atomic mass is 16.1. The number of nitrogens with zero attached hydrogens (tertiary/aromatic N) is 2. The first kappa shape index (κ1) is 9.54. The van der Waals surface area contributed by atoms with Crippen LogP contribution in [-0.4, -0.2) is 15.0 Å². The Balaban J connectivity index is 2.48. The zero-order valence-corrected chi connectivity index (χ0v) is 7.97. The number of aromatic nitrogens is 3. The fraction of sp³-hybridized carbons (Fsp3) is 0.100. The molecule has 0 amide bonds. The predicted molar refractivity (Wildman–Crippen MR) is 56.0 cm³/mol. The lowest BCUT2D eigenvalue weighted by Crippen LogP contribution is -2.17. The largest absolute Gasteiger partial charge is 0.326 e. The second-order valence-corrected chi connectivity index (χ2v) is 3.03. The maximum absolute atomic E-state index is 11.5. The monoisotopic (exact) mass is 202 g/mol. The van der Waals surface area contributed by atoms with Crippen molar-refractivity contribution in [2.24, 2.45) is 5.73 Å². The van der Waals surface area contributed by atoms with Crippen molar-refractivity contribution < 1.29 is 0 Å². The van der Waals surface area contributed by atoms with E-state index in [1.165, 1.54) is 6.20 Å². The van der Waals surface area contributed by atoms with Gasteiger partial charge in [-0.3, -0.25) is 9.78 Å². The zero-order chi connectivity index (χ0) is 10.7. The van der Waals surface area contributed by atoms with Gasteiger partial charge in [0.1, 0.15) is 5.82 Å². The van der Waals surface area contributed by atoms with Gasteiger partial charge >= 0.3 is 0 Å². The van der Waals surface area contributed by atoms with Crippen LogP contribution in [0.4, 0.5) is 0 Å². The van der Waals surface area contributed by atoms with Gasteiger partial charge in [-0.25, -0.2) is 4.98 Å².